The average molecular weight is 533 g/mol. The molecular formula is C34H32N2O4. The average Bonchev–Trinajstić information content (AvgIpc) is 2.98. The van der Waals surface area contributed by atoms with E-state index in [0.29, 0.717) is 23.4 Å². The molecule has 6 nitrogen and oxygen atoms in total. The van der Waals surface area contributed by atoms with Gasteiger partial charge in [-0.2, -0.15) is 0 Å². The van der Waals surface area contributed by atoms with E-state index in [9.17, 15) is 19.5 Å². The summed E-state index contributed by atoms with van der Waals surface area (Å²) in [5.74, 6) is -1.06. The first kappa shape index (κ1) is 28.3. The fourth-order valence-corrected chi connectivity index (χ4v) is 4.42. The molecule has 1 unspecified atom stereocenters. The van der Waals surface area contributed by atoms with Gasteiger partial charge in [0.15, 0.2) is 17.6 Å². The number of carboxylic acids is 1. The Kier molecular flexibility index (Phi) is 9.86. The largest absolute Gasteiger partial charge is 0.480 e. The van der Waals surface area contributed by atoms with Gasteiger partial charge in [0, 0.05) is 36.2 Å². The Balaban J connectivity index is 1.35. The molecule has 4 aromatic rings. The highest BCUT2D eigenvalue weighted by atomic mass is 16.4. The fourth-order valence-electron chi connectivity index (χ4n) is 4.42. The van der Waals surface area contributed by atoms with Crippen molar-refractivity contribution >= 4 is 23.2 Å². The Bertz CT molecular complexity index is 1480. The van der Waals surface area contributed by atoms with Crippen LogP contribution in [-0.4, -0.2) is 40.9 Å². The van der Waals surface area contributed by atoms with Crippen molar-refractivity contribution < 1.29 is 19.5 Å². The summed E-state index contributed by atoms with van der Waals surface area (Å²) in [6.45, 7) is 2.52. The summed E-state index contributed by atoms with van der Waals surface area (Å²) in [5.41, 5.74) is 5.71. The summed E-state index contributed by atoms with van der Waals surface area (Å²) in [4.78, 5) is 41.0. The smallest absolute Gasteiger partial charge is 0.328 e. The van der Waals surface area contributed by atoms with Crippen LogP contribution in [0, 0.1) is 0 Å². The van der Waals surface area contributed by atoms with E-state index < -0.39 is 12.0 Å². The molecule has 202 valence electrons. The third-order valence-electron chi connectivity index (χ3n) is 6.53. The molecule has 0 heterocycles. The van der Waals surface area contributed by atoms with Crippen molar-refractivity contribution in [2.45, 2.75) is 32.4 Å². The number of aliphatic carboxylic acids is 1. The SMILES string of the molecule is CC(CC(=O)c1ccccc1)=NC(Cc1ccc(-c2cccc(CNCC(=O)c3ccccc3)c2)cc1)C(=O)O. The Morgan fingerprint density at radius 1 is 0.725 bits per heavy atom. The molecule has 0 saturated carbocycles. The van der Waals surface area contributed by atoms with Gasteiger partial charge in [0.05, 0.1) is 6.54 Å². The van der Waals surface area contributed by atoms with E-state index in [2.05, 4.69) is 16.4 Å². The molecule has 0 radical (unpaired) electrons. The van der Waals surface area contributed by atoms with Gasteiger partial charge in [0.25, 0.3) is 0 Å². The van der Waals surface area contributed by atoms with Gasteiger partial charge in [0.1, 0.15) is 0 Å². The lowest BCUT2D eigenvalue weighted by Crippen LogP contribution is -2.22. The third-order valence-corrected chi connectivity index (χ3v) is 6.53. The zero-order valence-electron chi connectivity index (χ0n) is 22.4. The molecular weight excluding hydrogens is 500 g/mol. The summed E-state index contributed by atoms with van der Waals surface area (Å²) in [7, 11) is 0. The summed E-state index contributed by atoms with van der Waals surface area (Å²) >= 11 is 0. The molecule has 0 aliphatic rings. The van der Waals surface area contributed by atoms with Gasteiger partial charge < -0.3 is 10.4 Å². The van der Waals surface area contributed by atoms with Crippen LogP contribution in [-0.2, 0) is 17.8 Å². The maximum absolute atomic E-state index is 12.5. The number of rotatable bonds is 13. The van der Waals surface area contributed by atoms with Crippen molar-refractivity contribution in [1.82, 2.24) is 5.32 Å². The number of nitrogens with one attached hydrogen (secondary N) is 1. The van der Waals surface area contributed by atoms with Gasteiger partial charge in [-0.1, -0.05) is 103 Å². The molecule has 40 heavy (non-hydrogen) atoms. The van der Waals surface area contributed by atoms with E-state index in [-0.39, 0.29) is 31.0 Å². The maximum atomic E-state index is 12.5. The fraction of sp³-hybridized carbons (Fsp3) is 0.176. The van der Waals surface area contributed by atoms with Gasteiger partial charge in [-0.25, -0.2) is 4.79 Å². The van der Waals surface area contributed by atoms with E-state index in [1.807, 2.05) is 78.9 Å². The second kappa shape index (κ2) is 13.9. The predicted octanol–water partition coefficient (Wildman–Crippen LogP) is 6.06. The molecule has 0 aliphatic carbocycles. The summed E-state index contributed by atoms with van der Waals surface area (Å²) in [6.07, 6.45) is 0.310. The lowest BCUT2D eigenvalue weighted by Gasteiger charge is -2.11. The van der Waals surface area contributed by atoms with E-state index in [0.717, 1.165) is 22.3 Å². The van der Waals surface area contributed by atoms with Crippen LogP contribution in [0.1, 0.15) is 45.2 Å². The summed E-state index contributed by atoms with van der Waals surface area (Å²) < 4.78 is 0. The first-order valence-electron chi connectivity index (χ1n) is 13.2. The van der Waals surface area contributed by atoms with Crippen LogP contribution < -0.4 is 5.32 Å². The molecule has 2 N–H and O–H groups in total. The van der Waals surface area contributed by atoms with Crippen LogP contribution in [0.25, 0.3) is 11.1 Å². The third kappa shape index (κ3) is 8.16. The van der Waals surface area contributed by atoms with Crippen molar-refractivity contribution in [2.24, 2.45) is 4.99 Å². The highest BCUT2D eigenvalue weighted by Crippen LogP contribution is 2.22. The molecule has 4 aromatic carbocycles. The summed E-state index contributed by atoms with van der Waals surface area (Å²) in [6, 6.07) is 33.0. The van der Waals surface area contributed by atoms with Crippen LogP contribution in [0.5, 0.6) is 0 Å². The number of carboxylic acid groups (broad SMARTS) is 1. The molecule has 0 amide bonds. The van der Waals surface area contributed by atoms with Crippen LogP contribution >= 0.6 is 0 Å². The Hall–Kier alpha value is -4.68. The molecule has 6 heteroatoms. The first-order valence-corrected chi connectivity index (χ1v) is 13.2. The minimum absolute atomic E-state index is 0.0503. The number of hydrogen-bond acceptors (Lipinski definition) is 5. The van der Waals surface area contributed by atoms with E-state index in [4.69, 9.17) is 0 Å². The topological polar surface area (TPSA) is 95.8 Å². The van der Waals surface area contributed by atoms with Gasteiger partial charge in [-0.05, 0) is 35.2 Å². The number of Topliss-reactive ketones (excluding diaryl/α,β-unsaturated/α-hetero) is 2. The highest BCUT2D eigenvalue weighted by molar-refractivity contribution is 6.09. The molecule has 4 rings (SSSR count). The molecule has 0 bridgehead atoms. The molecule has 0 fully saturated rings. The Morgan fingerprint density at radius 2 is 1.35 bits per heavy atom. The Morgan fingerprint density at radius 3 is 1.98 bits per heavy atom. The van der Waals surface area contributed by atoms with Crippen LogP contribution in [0.4, 0.5) is 0 Å². The standard InChI is InChI=1S/C34H32N2O4/c1-24(19-32(37)28-10-4-2-5-11-28)36-31(34(39)40)21-25-15-17-27(18-16-25)30-14-8-9-26(20-30)22-35-23-33(38)29-12-6-3-7-13-29/h2-18,20,31,35H,19,21-23H2,1H3,(H,39,40). The van der Waals surface area contributed by atoms with Crippen LogP contribution in [0.2, 0.25) is 0 Å². The summed E-state index contributed by atoms with van der Waals surface area (Å²) in [5, 5.41) is 13.0. The minimum Gasteiger partial charge on any atom is -0.480 e. The zero-order valence-corrected chi connectivity index (χ0v) is 22.4. The normalized spacial score (nSPS) is 12.1. The molecule has 0 saturated heterocycles. The molecule has 1 atom stereocenters. The van der Waals surface area contributed by atoms with Gasteiger partial charge in [-0.15, -0.1) is 0 Å². The van der Waals surface area contributed by atoms with Gasteiger partial charge >= 0.3 is 5.97 Å². The van der Waals surface area contributed by atoms with E-state index >= 15 is 0 Å². The van der Waals surface area contributed by atoms with Gasteiger partial charge in [-0.3, -0.25) is 14.6 Å². The van der Waals surface area contributed by atoms with Crippen molar-refractivity contribution in [3.05, 3.63) is 131 Å². The maximum Gasteiger partial charge on any atom is 0.328 e. The van der Waals surface area contributed by atoms with Crippen molar-refractivity contribution in [1.29, 1.82) is 0 Å². The van der Waals surface area contributed by atoms with Crippen molar-refractivity contribution in [3.63, 3.8) is 0 Å². The molecule has 0 aromatic heterocycles. The monoisotopic (exact) mass is 532 g/mol. The number of nitrogens with zero attached hydrogens (tertiary/aromatic N) is 1. The molecule has 0 spiro atoms. The number of hydrogen-bond donors (Lipinski definition) is 2. The van der Waals surface area contributed by atoms with E-state index in [1.165, 1.54) is 0 Å². The lowest BCUT2D eigenvalue weighted by molar-refractivity contribution is -0.138. The number of carbonyl (C=O) groups is 3. The highest BCUT2D eigenvalue weighted by Gasteiger charge is 2.18. The second-order valence-electron chi connectivity index (χ2n) is 9.68. The first-order chi connectivity index (χ1) is 19.4. The van der Waals surface area contributed by atoms with Crippen LogP contribution in [0.15, 0.2) is 114 Å². The Labute approximate surface area is 234 Å². The second-order valence-corrected chi connectivity index (χ2v) is 9.68. The minimum atomic E-state index is -1.03. The zero-order chi connectivity index (χ0) is 28.3. The van der Waals surface area contributed by atoms with Crippen LogP contribution in [0.3, 0.4) is 0 Å². The molecule has 0 aliphatic heterocycles. The number of benzene rings is 4. The number of aliphatic imine (C=N–C) groups is 1. The van der Waals surface area contributed by atoms with E-state index in [1.54, 1.807) is 31.2 Å². The predicted molar refractivity (Wildman–Crippen MR) is 158 cm³/mol. The quantitative estimate of drug-likeness (QED) is 0.161. The number of carbonyl (C=O) groups excluding carboxylic acids is 2. The number of ketones is 2. The van der Waals surface area contributed by atoms with Crippen molar-refractivity contribution in [3.8, 4) is 11.1 Å². The van der Waals surface area contributed by atoms with Gasteiger partial charge in [0.2, 0.25) is 0 Å². The lowest BCUT2D eigenvalue weighted by atomic mass is 9.99. The van der Waals surface area contributed by atoms with Crippen molar-refractivity contribution in [2.75, 3.05) is 6.54 Å².